The normalized spacial score (nSPS) is 10.7. The van der Waals surface area contributed by atoms with Gasteiger partial charge in [0.05, 0.1) is 0 Å². The van der Waals surface area contributed by atoms with E-state index in [1.54, 1.807) is 0 Å². The van der Waals surface area contributed by atoms with Crippen molar-refractivity contribution < 1.29 is 4.79 Å². The van der Waals surface area contributed by atoms with E-state index in [0.29, 0.717) is 19.4 Å². The summed E-state index contributed by atoms with van der Waals surface area (Å²) in [6.45, 7) is 6.93. The number of hydrogen-bond acceptors (Lipinski definition) is 1. The fourth-order valence-electron chi connectivity index (χ4n) is 1.47. The molecule has 2 nitrogen and oxygen atoms in total. The van der Waals surface area contributed by atoms with Crippen molar-refractivity contribution in [3.63, 3.8) is 0 Å². The van der Waals surface area contributed by atoms with E-state index in [9.17, 15) is 4.79 Å². The highest BCUT2D eigenvalue weighted by Crippen LogP contribution is 2.05. The smallest absolute Gasteiger partial charge is 0.220 e. The largest absolute Gasteiger partial charge is 0.353 e. The zero-order valence-electron chi connectivity index (χ0n) is 11.9. The van der Waals surface area contributed by atoms with Crippen LogP contribution < -0.4 is 5.32 Å². The molecule has 1 amide bonds. The number of carbonyl (C=O) groups excluding carboxylic acids is 1. The van der Waals surface area contributed by atoms with Crippen LogP contribution in [-0.2, 0) is 4.79 Å². The quantitative estimate of drug-likeness (QED) is 0.396. The standard InChI is InChI=1S/C16H25NO/c1-5-6-7-11-16(18)17-13-12-15(4)10-8-9-14(2)3/h1,9,12H,6-8,10-11,13H2,2-4H3,(H,17,18)/b15-12+. The maximum Gasteiger partial charge on any atom is 0.220 e. The van der Waals surface area contributed by atoms with Crippen molar-refractivity contribution in [3.05, 3.63) is 23.3 Å². The van der Waals surface area contributed by atoms with Crippen LogP contribution in [0, 0.1) is 12.3 Å². The van der Waals surface area contributed by atoms with Gasteiger partial charge in [0.1, 0.15) is 0 Å². The summed E-state index contributed by atoms with van der Waals surface area (Å²) >= 11 is 0. The van der Waals surface area contributed by atoms with Crippen LogP contribution in [0.2, 0.25) is 0 Å². The third-order valence-corrected chi connectivity index (χ3v) is 2.57. The molecule has 0 aromatic heterocycles. The molecule has 18 heavy (non-hydrogen) atoms. The van der Waals surface area contributed by atoms with Gasteiger partial charge in [0.15, 0.2) is 0 Å². The van der Waals surface area contributed by atoms with Crippen LogP contribution in [0.25, 0.3) is 0 Å². The minimum atomic E-state index is 0.0820. The van der Waals surface area contributed by atoms with Crippen molar-refractivity contribution in [1.29, 1.82) is 0 Å². The van der Waals surface area contributed by atoms with Gasteiger partial charge >= 0.3 is 0 Å². The number of hydrogen-bond donors (Lipinski definition) is 1. The van der Waals surface area contributed by atoms with Gasteiger partial charge in [-0.05, 0) is 40.0 Å². The van der Waals surface area contributed by atoms with Crippen LogP contribution in [-0.4, -0.2) is 12.5 Å². The second kappa shape index (κ2) is 10.7. The first-order valence-corrected chi connectivity index (χ1v) is 6.55. The first-order chi connectivity index (χ1) is 8.56. The van der Waals surface area contributed by atoms with E-state index in [0.717, 1.165) is 19.3 Å². The summed E-state index contributed by atoms with van der Waals surface area (Å²) in [7, 11) is 0. The number of carbonyl (C=O) groups is 1. The molecule has 100 valence electrons. The summed E-state index contributed by atoms with van der Waals surface area (Å²) in [5.41, 5.74) is 2.67. The van der Waals surface area contributed by atoms with E-state index < -0.39 is 0 Å². The summed E-state index contributed by atoms with van der Waals surface area (Å²) in [5, 5.41) is 2.87. The molecule has 0 radical (unpaired) electrons. The van der Waals surface area contributed by atoms with Gasteiger partial charge in [0.2, 0.25) is 5.91 Å². The zero-order chi connectivity index (χ0) is 13.8. The fourth-order valence-corrected chi connectivity index (χ4v) is 1.47. The van der Waals surface area contributed by atoms with Gasteiger partial charge < -0.3 is 5.32 Å². The average Bonchev–Trinajstić information content (AvgIpc) is 2.29. The van der Waals surface area contributed by atoms with Crippen LogP contribution in [0.3, 0.4) is 0 Å². The molecular formula is C16H25NO. The molecule has 0 bridgehead atoms. The second-order valence-electron chi connectivity index (χ2n) is 4.73. The van der Waals surface area contributed by atoms with Gasteiger partial charge in [-0.1, -0.05) is 23.3 Å². The fraction of sp³-hybridized carbons (Fsp3) is 0.562. The van der Waals surface area contributed by atoms with Crippen LogP contribution in [0.15, 0.2) is 23.3 Å². The maximum absolute atomic E-state index is 11.4. The number of amides is 1. The molecule has 1 N–H and O–H groups in total. The molecule has 0 rings (SSSR count). The summed E-state index contributed by atoms with van der Waals surface area (Å²) in [4.78, 5) is 11.4. The average molecular weight is 247 g/mol. The zero-order valence-corrected chi connectivity index (χ0v) is 11.9. The molecule has 0 aromatic rings. The minimum Gasteiger partial charge on any atom is -0.353 e. The third-order valence-electron chi connectivity index (χ3n) is 2.57. The summed E-state index contributed by atoms with van der Waals surface area (Å²) in [6, 6.07) is 0. The molecule has 0 atom stereocenters. The maximum atomic E-state index is 11.4. The van der Waals surface area contributed by atoms with Crippen molar-refractivity contribution in [3.8, 4) is 12.3 Å². The lowest BCUT2D eigenvalue weighted by Gasteiger charge is -2.03. The van der Waals surface area contributed by atoms with Crippen molar-refractivity contribution in [2.45, 2.75) is 52.9 Å². The Balaban J connectivity index is 3.70. The summed E-state index contributed by atoms with van der Waals surface area (Å²) in [5.74, 6) is 2.61. The number of terminal acetylenes is 1. The Bertz CT molecular complexity index is 341. The van der Waals surface area contributed by atoms with Gasteiger partial charge in [0.25, 0.3) is 0 Å². The van der Waals surface area contributed by atoms with E-state index >= 15 is 0 Å². The van der Waals surface area contributed by atoms with E-state index in [1.807, 2.05) is 0 Å². The van der Waals surface area contributed by atoms with Crippen LogP contribution >= 0.6 is 0 Å². The van der Waals surface area contributed by atoms with Gasteiger partial charge in [0, 0.05) is 19.4 Å². The Kier molecular flexibility index (Phi) is 9.77. The Morgan fingerprint density at radius 2 is 1.94 bits per heavy atom. The first kappa shape index (κ1) is 16.5. The van der Waals surface area contributed by atoms with E-state index in [2.05, 4.69) is 44.2 Å². The molecule has 0 unspecified atom stereocenters. The molecule has 0 fully saturated rings. The molecule has 0 aromatic carbocycles. The summed E-state index contributed by atoms with van der Waals surface area (Å²) < 4.78 is 0. The molecule has 0 heterocycles. The lowest BCUT2D eigenvalue weighted by molar-refractivity contribution is -0.120. The highest BCUT2D eigenvalue weighted by Gasteiger charge is 1.98. The minimum absolute atomic E-state index is 0.0820. The second-order valence-corrected chi connectivity index (χ2v) is 4.73. The monoisotopic (exact) mass is 247 g/mol. The lowest BCUT2D eigenvalue weighted by Crippen LogP contribution is -2.23. The Hall–Kier alpha value is -1.49. The number of unbranched alkanes of at least 4 members (excludes halogenated alkanes) is 1. The van der Waals surface area contributed by atoms with Gasteiger partial charge in [-0.2, -0.15) is 0 Å². The molecule has 0 spiro atoms. The van der Waals surface area contributed by atoms with Gasteiger partial charge in [-0.3, -0.25) is 4.79 Å². The van der Waals surface area contributed by atoms with Crippen molar-refractivity contribution in [1.82, 2.24) is 5.32 Å². The third kappa shape index (κ3) is 11.0. The predicted molar refractivity (Wildman–Crippen MR) is 78.1 cm³/mol. The molecule has 0 aliphatic heterocycles. The SMILES string of the molecule is C#CCCCC(=O)NC/C=C(\C)CCC=C(C)C. The molecule has 0 aliphatic carbocycles. The Morgan fingerprint density at radius 1 is 1.22 bits per heavy atom. The van der Waals surface area contributed by atoms with E-state index in [1.165, 1.54) is 11.1 Å². The van der Waals surface area contributed by atoms with Crippen molar-refractivity contribution >= 4 is 5.91 Å². The number of rotatable bonds is 8. The highest BCUT2D eigenvalue weighted by atomic mass is 16.1. The Labute approximate surface area is 112 Å². The van der Waals surface area contributed by atoms with E-state index in [-0.39, 0.29) is 5.91 Å². The van der Waals surface area contributed by atoms with Gasteiger partial charge in [-0.15, -0.1) is 12.3 Å². The van der Waals surface area contributed by atoms with Crippen LogP contribution in [0.5, 0.6) is 0 Å². The molecular weight excluding hydrogens is 222 g/mol. The van der Waals surface area contributed by atoms with Crippen LogP contribution in [0.4, 0.5) is 0 Å². The molecule has 2 heteroatoms. The highest BCUT2D eigenvalue weighted by molar-refractivity contribution is 5.75. The predicted octanol–water partition coefficient (Wildman–Crippen LogP) is 3.60. The van der Waals surface area contributed by atoms with Crippen molar-refractivity contribution in [2.24, 2.45) is 0 Å². The molecule has 0 saturated carbocycles. The number of allylic oxidation sites excluding steroid dienone is 3. The van der Waals surface area contributed by atoms with Crippen molar-refractivity contribution in [2.75, 3.05) is 6.54 Å². The topological polar surface area (TPSA) is 29.1 Å². The Morgan fingerprint density at radius 3 is 2.56 bits per heavy atom. The molecule has 0 aliphatic rings. The lowest BCUT2D eigenvalue weighted by atomic mass is 10.1. The number of nitrogens with one attached hydrogen (secondary N) is 1. The van der Waals surface area contributed by atoms with E-state index in [4.69, 9.17) is 6.42 Å². The van der Waals surface area contributed by atoms with Gasteiger partial charge in [-0.25, -0.2) is 0 Å². The molecule has 0 saturated heterocycles. The summed E-state index contributed by atoms with van der Waals surface area (Å²) in [6.07, 6.45) is 13.5. The van der Waals surface area contributed by atoms with Crippen LogP contribution in [0.1, 0.15) is 52.9 Å². The first-order valence-electron chi connectivity index (χ1n) is 6.55.